The Morgan fingerprint density at radius 1 is 1.17 bits per heavy atom. The molecule has 0 bridgehead atoms. The predicted octanol–water partition coefficient (Wildman–Crippen LogP) is 4.01. The lowest BCUT2D eigenvalue weighted by atomic mass is 10.1. The van der Waals surface area contributed by atoms with Crippen molar-refractivity contribution in [3.8, 4) is 0 Å². The van der Waals surface area contributed by atoms with Gasteiger partial charge in [0.05, 0.1) is 17.2 Å². The van der Waals surface area contributed by atoms with Gasteiger partial charge in [0.25, 0.3) is 0 Å². The molecule has 0 N–H and O–H groups in total. The third-order valence-electron chi connectivity index (χ3n) is 3.16. The molecular weight excluding hydrogens is 240 g/mol. The highest BCUT2D eigenvalue weighted by atomic mass is 32.1. The maximum absolute atomic E-state index is 4.49. The van der Waals surface area contributed by atoms with Crippen molar-refractivity contribution >= 4 is 17.0 Å². The first-order chi connectivity index (χ1) is 8.47. The van der Waals surface area contributed by atoms with E-state index in [1.807, 2.05) is 0 Å². The molecule has 2 nitrogen and oxygen atoms in total. The van der Waals surface area contributed by atoms with Crippen LogP contribution in [0.15, 0.2) is 18.2 Å². The highest BCUT2D eigenvalue weighted by molar-refractivity contribution is 7.11. The summed E-state index contributed by atoms with van der Waals surface area (Å²) in [6, 6.07) is 6.60. The van der Waals surface area contributed by atoms with Crippen LogP contribution in [0.3, 0.4) is 0 Å². The number of rotatable bonds is 3. The standard InChI is InChI=1S/C15H20N2S/c1-10-6-7-11(2)14(8-10)17(5)9-15-12(3)16-13(4)18-15/h6-8H,9H2,1-5H3. The van der Waals surface area contributed by atoms with Gasteiger partial charge in [-0.1, -0.05) is 12.1 Å². The number of thiazole rings is 1. The molecule has 0 saturated carbocycles. The van der Waals surface area contributed by atoms with Crippen LogP contribution < -0.4 is 4.90 Å². The maximum atomic E-state index is 4.49. The molecule has 0 radical (unpaired) electrons. The van der Waals surface area contributed by atoms with Gasteiger partial charge in [-0.25, -0.2) is 4.98 Å². The van der Waals surface area contributed by atoms with E-state index in [1.54, 1.807) is 11.3 Å². The lowest BCUT2D eigenvalue weighted by molar-refractivity contribution is 0.918. The van der Waals surface area contributed by atoms with Crippen molar-refractivity contribution in [1.29, 1.82) is 0 Å². The lowest BCUT2D eigenvalue weighted by Gasteiger charge is -2.21. The van der Waals surface area contributed by atoms with Crippen LogP contribution >= 0.6 is 11.3 Å². The fraction of sp³-hybridized carbons (Fsp3) is 0.400. The van der Waals surface area contributed by atoms with E-state index in [2.05, 4.69) is 62.8 Å². The van der Waals surface area contributed by atoms with Crippen molar-refractivity contribution in [2.24, 2.45) is 0 Å². The summed E-state index contributed by atoms with van der Waals surface area (Å²) in [6.07, 6.45) is 0. The van der Waals surface area contributed by atoms with Gasteiger partial charge in [-0.2, -0.15) is 0 Å². The summed E-state index contributed by atoms with van der Waals surface area (Å²) in [4.78, 5) is 8.15. The summed E-state index contributed by atoms with van der Waals surface area (Å²) in [5, 5.41) is 1.15. The second-order valence-corrected chi connectivity index (χ2v) is 6.18. The van der Waals surface area contributed by atoms with E-state index in [1.165, 1.54) is 21.7 Å². The second kappa shape index (κ2) is 5.11. The molecule has 0 saturated heterocycles. The van der Waals surface area contributed by atoms with E-state index in [0.29, 0.717) is 0 Å². The molecule has 0 aliphatic carbocycles. The van der Waals surface area contributed by atoms with Gasteiger partial charge in [0.15, 0.2) is 0 Å². The van der Waals surface area contributed by atoms with Crippen LogP contribution in [0.1, 0.15) is 26.7 Å². The van der Waals surface area contributed by atoms with Crippen LogP contribution in [0, 0.1) is 27.7 Å². The SMILES string of the molecule is Cc1ccc(C)c(N(C)Cc2sc(C)nc2C)c1. The average molecular weight is 260 g/mol. The third kappa shape index (κ3) is 2.72. The summed E-state index contributed by atoms with van der Waals surface area (Å²) < 4.78 is 0. The zero-order valence-corrected chi connectivity index (χ0v) is 12.6. The van der Waals surface area contributed by atoms with E-state index < -0.39 is 0 Å². The van der Waals surface area contributed by atoms with Crippen LogP contribution in [0.4, 0.5) is 5.69 Å². The minimum Gasteiger partial charge on any atom is -0.369 e. The number of aryl methyl sites for hydroxylation is 4. The summed E-state index contributed by atoms with van der Waals surface area (Å²) >= 11 is 1.79. The van der Waals surface area contributed by atoms with Crippen molar-refractivity contribution in [3.63, 3.8) is 0 Å². The van der Waals surface area contributed by atoms with Crippen LogP contribution in [-0.2, 0) is 6.54 Å². The number of anilines is 1. The average Bonchev–Trinajstić information content (AvgIpc) is 2.61. The van der Waals surface area contributed by atoms with Gasteiger partial charge < -0.3 is 4.90 Å². The zero-order valence-electron chi connectivity index (χ0n) is 11.7. The fourth-order valence-corrected chi connectivity index (χ4v) is 3.14. The predicted molar refractivity (Wildman–Crippen MR) is 79.6 cm³/mol. The van der Waals surface area contributed by atoms with Gasteiger partial charge in [-0.05, 0) is 44.9 Å². The van der Waals surface area contributed by atoms with Crippen LogP contribution in [0.25, 0.3) is 0 Å². The molecule has 0 unspecified atom stereocenters. The third-order valence-corrected chi connectivity index (χ3v) is 4.21. The molecule has 0 amide bonds. The van der Waals surface area contributed by atoms with Gasteiger partial charge in [0.2, 0.25) is 0 Å². The molecule has 96 valence electrons. The number of hydrogen-bond donors (Lipinski definition) is 0. The Bertz CT molecular complexity index is 558. The van der Waals surface area contributed by atoms with Crippen molar-refractivity contribution in [3.05, 3.63) is 44.9 Å². The molecule has 1 heterocycles. The van der Waals surface area contributed by atoms with Crippen molar-refractivity contribution in [2.45, 2.75) is 34.2 Å². The van der Waals surface area contributed by atoms with Gasteiger partial charge >= 0.3 is 0 Å². The first-order valence-electron chi connectivity index (χ1n) is 6.18. The van der Waals surface area contributed by atoms with E-state index >= 15 is 0 Å². The molecule has 0 spiro atoms. The Kier molecular flexibility index (Phi) is 3.71. The summed E-state index contributed by atoms with van der Waals surface area (Å²) in [5.41, 5.74) is 5.09. The number of nitrogens with zero attached hydrogens (tertiary/aromatic N) is 2. The number of benzene rings is 1. The van der Waals surface area contributed by atoms with E-state index in [0.717, 1.165) is 17.2 Å². The van der Waals surface area contributed by atoms with Crippen LogP contribution in [0.2, 0.25) is 0 Å². The Labute approximate surface area is 113 Å². The number of hydrogen-bond acceptors (Lipinski definition) is 3. The fourth-order valence-electron chi connectivity index (χ4n) is 2.15. The number of aromatic nitrogens is 1. The lowest BCUT2D eigenvalue weighted by Crippen LogP contribution is -2.17. The highest BCUT2D eigenvalue weighted by Gasteiger charge is 2.10. The van der Waals surface area contributed by atoms with Gasteiger partial charge in [-0.15, -0.1) is 11.3 Å². The Hall–Kier alpha value is -1.35. The molecule has 3 heteroatoms. The molecule has 2 rings (SSSR count). The largest absolute Gasteiger partial charge is 0.369 e. The van der Waals surface area contributed by atoms with Crippen LogP contribution in [0.5, 0.6) is 0 Å². The second-order valence-electron chi connectivity index (χ2n) is 4.89. The molecule has 0 aliphatic rings. The monoisotopic (exact) mass is 260 g/mol. The minimum absolute atomic E-state index is 0.932. The summed E-state index contributed by atoms with van der Waals surface area (Å²) in [7, 11) is 2.15. The van der Waals surface area contributed by atoms with Gasteiger partial charge in [-0.3, -0.25) is 0 Å². The molecule has 0 atom stereocenters. The first-order valence-corrected chi connectivity index (χ1v) is 7.00. The van der Waals surface area contributed by atoms with E-state index in [-0.39, 0.29) is 0 Å². The van der Waals surface area contributed by atoms with Crippen molar-refractivity contribution in [2.75, 3.05) is 11.9 Å². The Morgan fingerprint density at radius 3 is 2.50 bits per heavy atom. The Morgan fingerprint density at radius 2 is 1.89 bits per heavy atom. The zero-order chi connectivity index (χ0) is 13.3. The topological polar surface area (TPSA) is 16.1 Å². The quantitative estimate of drug-likeness (QED) is 0.829. The minimum atomic E-state index is 0.932. The van der Waals surface area contributed by atoms with E-state index in [4.69, 9.17) is 0 Å². The Balaban J connectivity index is 2.24. The molecule has 2 aromatic rings. The van der Waals surface area contributed by atoms with E-state index in [9.17, 15) is 0 Å². The van der Waals surface area contributed by atoms with Gasteiger partial charge in [0, 0.05) is 17.6 Å². The highest BCUT2D eigenvalue weighted by Crippen LogP contribution is 2.25. The molecule has 0 fully saturated rings. The normalized spacial score (nSPS) is 10.7. The van der Waals surface area contributed by atoms with Crippen molar-refractivity contribution in [1.82, 2.24) is 4.98 Å². The molecule has 1 aromatic heterocycles. The smallest absolute Gasteiger partial charge is 0.0900 e. The maximum Gasteiger partial charge on any atom is 0.0900 e. The summed E-state index contributed by atoms with van der Waals surface area (Å²) in [5.74, 6) is 0. The molecule has 18 heavy (non-hydrogen) atoms. The summed E-state index contributed by atoms with van der Waals surface area (Å²) in [6.45, 7) is 9.39. The van der Waals surface area contributed by atoms with Crippen LogP contribution in [-0.4, -0.2) is 12.0 Å². The van der Waals surface area contributed by atoms with Crippen molar-refractivity contribution < 1.29 is 0 Å². The molecule has 0 aliphatic heterocycles. The first kappa shape index (κ1) is 13.1. The molecular formula is C15H20N2S. The van der Waals surface area contributed by atoms with Gasteiger partial charge in [0.1, 0.15) is 0 Å². The molecule has 1 aromatic carbocycles.